The van der Waals surface area contributed by atoms with E-state index in [1.165, 1.54) is 12.8 Å². The third-order valence-electron chi connectivity index (χ3n) is 2.73. The van der Waals surface area contributed by atoms with E-state index in [2.05, 4.69) is 20.8 Å². The van der Waals surface area contributed by atoms with Crippen LogP contribution in [-0.2, 0) is 6.54 Å². The average molecular weight is 250 g/mol. The molecule has 17 heavy (non-hydrogen) atoms. The van der Waals surface area contributed by atoms with Gasteiger partial charge >= 0.3 is 0 Å². The minimum absolute atomic E-state index is 0.644. The van der Waals surface area contributed by atoms with E-state index in [9.17, 15) is 0 Å². The molecule has 3 rings (SSSR count). The van der Waals surface area contributed by atoms with Crippen LogP contribution in [0.25, 0.3) is 5.69 Å². The third-order valence-corrected chi connectivity index (χ3v) is 2.98. The van der Waals surface area contributed by atoms with Crippen molar-refractivity contribution >= 4 is 11.6 Å². The van der Waals surface area contributed by atoms with Crippen LogP contribution in [-0.4, -0.2) is 26.2 Å². The van der Waals surface area contributed by atoms with Crippen molar-refractivity contribution in [3.05, 3.63) is 35.1 Å². The molecular weight excluding hydrogens is 238 g/mol. The fourth-order valence-electron chi connectivity index (χ4n) is 1.62. The Hall–Kier alpha value is -1.46. The zero-order chi connectivity index (χ0) is 11.7. The molecule has 1 heterocycles. The Labute approximate surface area is 104 Å². The van der Waals surface area contributed by atoms with E-state index in [-0.39, 0.29) is 0 Å². The maximum Gasteiger partial charge on any atom is 0.170 e. The standard InChI is InChI=1S/C11H12ClN5/c12-8-1-5-10(6-2-8)17-11(14-15-16-17)7-13-9-3-4-9/h1-2,5-6,9,13H,3-4,7H2. The third kappa shape index (κ3) is 2.45. The predicted molar refractivity (Wildman–Crippen MR) is 64.0 cm³/mol. The first kappa shape index (κ1) is 10.7. The lowest BCUT2D eigenvalue weighted by Gasteiger charge is -2.05. The Morgan fingerprint density at radius 2 is 2.06 bits per heavy atom. The van der Waals surface area contributed by atoms with Crippen molar-refractivity contribution in [1.82, 2.24) is 25.5 Å². The Kier molecular flexibility index (Phi) is 2.78. The van der Waals surface area contributed by atoms with Crippen molar-refractivity contribution in [1.29, 1.82) is 0 Å². The van der Waals surface area contributed by atoms with Gasteiger partial charge in [0.1, 0.15) is 0 Å². The molecule has 0 amide bonds. The summed E-state index contributed by atoms with van der Waals surface area (Å²) >= 11 is 5.85. The quantitative estimate of drug-likeness (QED) is 0.894. The first-order valence-electron chi connectivity index (χ1n) is 5.59. The van der Waals surface area contributed by atoms with Crippen LogP contribution in [0, 0.1) is 0 Å². The largest absolute Gasteiger partial charge is 0.307 e. The summed E-state index contributed by atoms with van der Waals surface area (Å²) in [5.74, 6) is 0.819. The van der Waals surface area contributed by atoms with Crippen molar-refractivity contribution in [3.63, 3.8) is 0 Å². The molecule has 0 spiro atoms. The van der Waals surface area contributed by atoms with Gasteiger partial charge in [0.15, 0.2) is 5.82 Å². The van der Waals surface area contributed by atoms with Crippen LogP contribution in [0.15, 0.2) is 24.3 Å². The van der Waals surface area contributed by atoms with E-state index >= 15 is 0 Å². The van der Waals surface area contributed by atoms with Gasteiger partial charge in [-0.05, 0) is 47.5 Å². The van der Waals surface area contributed by atoms with Gasteiger partial charge < -0.3 is 5.32 Å². The smallest absolute Gasteiger partial charge is 0.170 e. The van der Waals surface area contributed by atoms with E-state index < -0.39 is 0 Å². The second kappa shape index (κ2) is 4.43. The van der Waals surface area contributed by atoms with Gasteiger partial charge in [-0.25, -0.2) is 0 Å². The molecule has 1 N–H and O–H groups in total. The van der Waals surface area contributed by atoms with E-state index in [0.717, 1.165) is 11.5 Å². The Morgan fingerprint density at radius 1 is 1.29 bits per heavy atom. The lowest BCUT2D eigenvalue weighted by atomic mass is 10.3. The van der Waals surface area contributed by atoms with Crippen molar-refractivity contribution in [2.24, 2.45) is 0 Å². The summed E-state index contributed by atoms with van der Waals surface area (Å²) in [7, 11) is 0. The first-order valence-corrected chi connectivity index (χ1v) is 5.97. The molecule has 1 fully saturated rings. The Balaban J connectivity index is 1.81. The lowest BCUT2D eigenvalue weighted by molar-refractivity contribution is 0.638. The molecule has 1 aliphatic rings. The fourth-order valence-corrected chi connectivity index (χ4v) is 1.75. The number of hydrogen-bond donors (Lipinski definition) is 1. The van der Waals surface area contributed by atoms with E-state index in [1.807, 2.05) is 24.3 Å². The van der Waals surface area contributed by atoms with E-state index in [1.54, 1.807) is 4.68 Å². The van der Waals surface area contributed by atoms with Gasteiger partial charge in [0.25, 0.3) is 0 Å². The molecule has 0 aliphatic heterocycles. The second-order valence-electron chi connectivity index (χ2n) is 4.14. The summed E-state index contributed by atoms with van der Waals surface area (Å²) < 4.78 is 1.73. The topological polar surface area (TPSA) is 55.6 Å². The predicted octanol–water partition coefficient (Wildman–Crippen LogP) is 1.57. The molecule has 1 aromatic carbocycles. The van der Waals surface area contributed by atoms with Crippen LogP contribution in [0.5, 0.6) is 0 Å². The molecule has 0 radical (unpaired) electrons. The zero-order valence-electron chi connectivity index (χ0n) is 9.17. The highest BCUT2D eigenvalue weighted by atomic mass is 35.5. The van der Waals surface area contributed by atoms with Crippen LogP contribution < -0.4 is 5.32 Å². The van der Waals surface area contributed by atoms with Gasteiger partial charge in [0.2, 0.25) is 0 Å². The Morgan fingerprint density at radius 3 is 2.76 bits per heavy atom. The number of hydrogen-bond acceptors (Lipinski definition) is 4. The highest BCUT2D eigenvalue weighted by Gasteiger charge is 2.21. The number of benzene rings is 1. The molecule has 0 unspecified atom stereocenters. The molecule has 6 heteroatoms. The van der Waals surface area contributed by atoms with Crippen molar-refractivity contribution in [3.8, 4) is 5.69 Å². The number of tetrazole rings is 1. The normalized spacial score (nSPS) is 15.1. The number of aromatic nitrogens is 4. The first-order chi connectivity index (χ1) is 8.33. The highest BCUT2D eigenvalue weighted by molar-refractivity contribution is 6.30. The summed E-state index contributed by atoms with van der Waals surface area (Å²) in [6.07, 6.45) is 2.50. The van der Waals surface area contributed by atoms with Gasteiger partial charge in [-0.1, -0.05) is 11.6 Å². The van der Waals surface area contributed by atoms with E-state index in [4.69, 9.17) is 11.6 Å². The van der Waals surface area contributed by atoms with Gasteiger partial charge in [-0.3, -0.25) is 0 Å². The number of rotatable bonds is 4. The van der Waals surface area contributed by atoms with Crippen LogP contribution in [0.2, 0.25) is 5.02 Å². The molecule has 0 atom stereocenters. The number of nitrogens with zero attached hydrogens (tertiary/aromatic N) is 4. The van der Waals surface area contributed by atoms with Crippen LogP contribution >= 0.6 is 11.6 Å². The summed E-state index contributed by atoms with van der Waals surface area (Å²) in [4.78, 5) is 0. The maximum absolute atomic E-state index is 5.85. The molecular formula is C11H12ClN5. The average Bonchev–Trinajstić information content (AvgIpc) is 3.06. The molecule has 88 valence electrons. The summed E-state index contributed by atoms with van der Waals surface area (Å²) in [6.45, 7) is 0.695. The number of nitrogens with one attached hydrogen (secondary N) is 1. The Bertz CT molecular complexity index is 503. The molecule has 2 aromatic rings. The monoisotopic (exact) mass is 249 g/mol. The zero-order valence-corrected chi connectivity index (χ0v) is 9.93. The summed E-state index contributed by atoms with van der Waals surface area (Å²) in [6, 6.07) is 8.11. The molecule has 0 saturated heterocycles. The van der Waals surface area contributed by atoms with Gasteiger partial charge in [0, 0.05) is 11.1 Å². The van der Waals surface area contributed by atoms with Gasteiger partial charge in [0.05, 0.1) is 12.2 Å². The van der Waals surface area contributed by atoms with Gasteiger partial charge in [-0.2, -0.15) is 4.68 Å². The molecule has 5 nitrogen and oxygen atoms in total. The molecule has 1 saturated carbocycles. The molecule has 0 bridgehead atoms. The fraction of sp³-hybridized carbons (Fsp3) is 0.364. The van der Waals surface area contributed by atoms with Crippen LogP contribution in [0.3, 0.4) is 0 Å². The second-order valence-corrected chi connectivity index (χ2v) is 4.57. The highest BCUT2D eigenvalue weighted by Crippen LogP contribution is 2.19. The van der Waals surface area contributed by atoms with Crippen molar-refractivity contribution in [2.45, 2.75) is 25.4 Å². The minimum Gasteiger partial charge on any atom is -0.307 e. The summed E-state index contributed by atoms with van der Waals surface area (Å²) in [5.41, 5.74) is 0.923. The lowest BCUT2D eigenvalue weighted by Crippen LogP contribution is -2.18. The molecule has 1 aliphatic carbocycles. The van der Waals surface area contributed by atoms with E-state index in [0.29, 0.717) is 17.6 Å². The van der Waals surface area contributed by atoms with Gasteiger partial charge in [-0.15, -0.1) is 5.10 Å². The molecule has 1 aromatic heterocycles. The van der Waals surface area contributed by atoms with Crippen LogP contribution in [0.4, 0.5) is 0 Å². The number of halogens is 1. The van der Waals surface area contributed by atoms with Crippen molar-refractivity contribution in [2.75, 3.05) is 0 Å². The minimum atomic E-state index is 0.644. The maximum atomic E-state index is 5.85. The SMILES string of the molecule is Clc1ccc(-n2nnnc2CNC2CC2)cc1. The van der Waals surface area contributed by atoms with Crippen LogP contribution in [0.1, 0.15) is 18.7 Å². The summed E-state index contributed by atoms with van der Waals surface area (Å²) in [5, 5.41) is 15.8. The van der Waals surface area contributed by atoms with Crippen molar-refractivity contribution < 1.29 is 0 Å².